The fourth-order valence-corrected chi connectivity index (χ4v) is 3.11. The molecule has 0 unspecified atom stereocenters. The van der Waals surface area contributed by atoms with Gasteiger partial charge in [0.05, 0.1) is 12.2 Å². The maximum Gasteiger partial charge on any atom is 0.191 e. The van der Waals surface area contributed by atoms with Crippen LogP contribution in [-0.2, 0) is 13.0 Å². The highest BCUT2D eigenvalue weighted by atomic mass is 127. The van der Waals surface area contributed by atoms with Crippen LogP contribution in [0.2, 0.25) is 0 Å². The van der Waals surface area contributed by atoms with E-state index in [0.29, 0.717) is 12.5 Å². The van der Waals surface area contributed by atoms with Gasteiger partial charge in [-0.2, -0.15) is 0 Å². The molecule has 0 aliphatic rings. The van der Waals surface area contributed by atoms with E-state index < -0.39 is 0 Å². The first-order valence-corrected chi connectivity index (χ1v) is 9.48. The molecule has 0 fully saturated rings. The number of aryl methyl sites for hydroxylation is 1. The Hall–Kier alpha value is -1.15. The number of rotatable bonds is 7. The molecule has 0 bridgehead atoms. The van der Waals surface area contributed by atoms with Crippen LogP contribution in [-0.4, -0.2) is 24.0 Å². The number of nitrogens with one attached hydrogen (secondary N) is 2. The molecule has 0 spiro atoms. The van der Waals surface area contributed by atoms with Gasteiger partial charge in [0, 0.05) is 18.5 Å². The Kier molecular flexibility index (Phi) is 10.0. The van der Waals surface area contributed by atoms with E-state index in [-0.39, 0.29) is 24.0 Å². The summed E-state index contributed by atoms with van der Waals surface area (Å²) in [4.78, 5) is 9.28. The maximum absolute atomic E-state index is 4.64. The molecule has 138 valence electrons. The molecule has 0 amide bonds. The Balaban J connectivity index is 0.00000312. The van der Waals surface area contributed by atoms with Crippen molar-refractivity contribution in [1.82, 2.24) is 15.6 Å². The normalized spacial score (nSPS) is 11.3. The van der Waals surface area contributed by atoms with Crippen LogP contribution < -0.4 is 10.6 Å². The van der Waals surface area contributed by atoms with Gasteiger partial charge in [-0.15, -0.1) is 35.3 Å². The Morgan fingerprint density at radius 2 is 1.92 bits per heavy atom. The van der Waals surface area contributed by atoms with Crippen LogP contribution in [0.5, 0.6) is 0 Å². The second kappa shape index (κ2) is 11.5. The fourth-order valence-electron chi connectivity index (χ4n) is 2.23. The van der Waals surface area contributed by atoms with Crippen LogP contribution in [0.1, 0.15) is 48.5 Å². The predicted octanol–water partition coefficient (Wildman–Crippen LogP) is 4.49. The Morgan fingerprint density at radius 1 is 1.20 bits per heavy atom. The van der Waals surface area contributed by atoms with Gasteiger partial charge in [0.15, 0.2) is 5.96 Å². The lowest BCUT2D eigenvalue weighted by Gasteiger charge is -2.11. The van der Waals surface area contributed by atoms with E-state index in [2.05, 4.69) is 78.0 Å². The second-order valence-corrected chi connectivity index (χ2v) is 7.12. The SMILES string of the molecule is CCNC(=NCc1nc(C(C)C)cs1)NCCc1ccc(C)cc1.I. The topological polar surface area (TPSA) is 49.3 Å². The summed E-state index contributed by atoms with van der Waals surface area (Å²) in [6.45, 7) is 10.9. The smallest absolute Gasteiger partial charge is 0.191 e. The molecule has 0 aliphatic heterocycles. The van der Waals surface area contributed by atoms with E-state index in [1.807, 2.05) is 0 Å². The number of hydrogen-bond donors (Lipinski definition) is 2. The Morgan fingerprint density at radius 3 is 2.52 bits per heavy atom. The van der Waals surface area contributed by atoms with E-state index >= 15 is 0 Å². The van der Waals surface area contributed by atoms with Gasteiger partial charge in [0.1, 0.15) is 5.01 Å². The molecule has 1 heterocycles. The minimum absolute atomic E-state index is 0. The summed E-state index contributed by atoms with van der Waals surface area (Å²) in [6, 6.07) is 8.68. The van der Waals surface area contributed by atoms with Crippen molar-refractivity contribution >= 4 is 41.3 Å². The Bertz CT molecular complexity index is 650. The number of thiazole rings is 1. The number of halogens is 1. The minimum atomic E-state index is 0. The van der Waals surface area contributed by atoms with Crippen molar-refractivity contribution in [2.24, 2.45) is 4.99 Å². The molecule has 2 N–H and O–H groups in total. The summed E-state index contributed by atoms with van der Waals surface area (Å²) in [5.41, 5.74) is 3.79. The zero-order valence-corrected chi connectivity index (χ0v) is 18.7. The number of aromatic nitrogens is 1. The van der Waals surface area contributed by atoms with Crippen molar-refractivity contribution in [2.75, 3.05) is 13.1 Å². The molecule has 1 aromatic carbocycles. The van der Waals surface area contributed by atoms with Gasteiger partial charge >= 0.3 is 0 Å². The number of benzene rings is 1. The molecule has 25 heavy (non-hydrogen) atoms. The number of hydrogen-bond acceptors (Lipinski definition) is 3. The average molecular weight is 472 g/mol. The van der Waals surface area contributed by atoms with Gasteiger partial charge in [-0.05, 0) is 31.7 Å². The highest BCUT2D eigenvalue weighted by Crippen LogP contribution is 2.18. The van der Waals surface area contributed by atoms with Crippen LogP contribution in [0.4, 0.5) is 0 Å². The Labute approximate surface area is 172 Å². The van der Waals surface area contributed by atoms with Gasteiger partial charge in [-0.1, -0.05) is 43.7 Å². The first-order valence-electron chi connectivity index (χ1n) is 8.60. The molecule has 0 saturated carbocycles. The lowest BCUT2D eigenvalue weighted by atomic mass is 10.1. The molecule has 6 heteroatoms. The largest absolute Gasteiger partial charge is 0.357 e. The van der Waals surface area contributed by atoms with E-state index in [4.69, 9.17) is 0 Å². The number of aliphatic imine (C=N–C) groups is 1. The molecule has 4 nitrogen and oxygen atoms in total. The number of nitrogens with zero attached hydrogens (tertiary/aromatic N) is 2. The van der Waals surface area contributed by atoms with E-state index in [9.17, 15) is 0 Å². The number of guanidine groups is 1. The molecular weight excluding hydrogens is 443 g/mol. The molecule has 0 atom stereocenters. The van der Waals surface area contributed by atoms with Crippen molar-refractivity contribution in [1.29, 1.82) is 0 Å². The first kappa shape index (κ1) is 21.9. The third-order valence-electron chi connectivity index (χ3n) is 3.70. The van der Waals surface area contributed by atoms with Gasteiger partial charge in [0.25, 0.3) is 0 Å². The minimum Gasteiger partial charge on any atom is -0.357 e. The van der Waals surface area contributed by atoms with Gasteiger partial charge in [-0.3, -0.25) is 0 Å². The van der Waals surface area contributed by atoms with Crippen LogP contribution >= 0.6 is 35.3 Å². The van der Waals surface area contributed by atoms with Crippen molar-refractivity contribution in [2.45, 2.75) is 46.6 Å². The van der Waals surface area contributed by atoms with Crippen molar-refractivity contribution < 1.29 is 0 Å². The van der Waals surface area contributed by atoms with Gasteiger partial charge in [-0.25, -0.2) is 9.98 Å². The van der Waals surface area contributed by atoms with Crippen LogP contribution in [0.15, 0.2) is 34.6 Å². The molecule has 1 aromatic heterocycles. The van der Waals surface area contributed by atoms with E-state index in [1.165, 1.54) is 11.1 Å². The molecule has 0 saturated heterocycles. The van der Waals surface area contributed by atoms with Gasteiger partial charge < -0.3 is 10.6 Å². The summed E-state index contributed by atoms with van der Waals surface area (Å²) >= 11 is 1.69. The molecule has 0 radical (unpaired) electrons. The monoisotopic (exact) mass is 472 g/mol. The first-order chi connectivity index (χ1) is 11.6. The zero-order valence-electron chi connectivity index (χ0n) is 15.5. The highest BCUT2D eigenvalue weighted by molar-refractivity contribution is 14.0. The third kappa shape index (κ3) is 7.73. The highest BCUT2D eigenvalue weighted by Gasteiger charge is 2.05. The van der Waals surface area contributed by atoms with Crippen LogP contribution in [0.25, 0.3) is 0 Å². The lowest BCUT2D eigenvalue weighted by molar-refractivity contribution is 0.793. The predicted molar refractivity (Wildman–Crippen MR) is 119 cm³/mol. The molecule has 2 rings (SSSR count). The molecule has 0 aliphatic carbocycles. The fraction of sp³-hybridized carbons (Fsp3) is 0.474. The lowest BCUT2D eigenvalue weighted by Crippen LogP contribution is -2.38. The van der Waals surface area contributed by atoms with Crippen molar-refractivity contribution in [3.05, 3.63) is 51.5 Å². The summed E-state index contributed by atoms with van der Waals surface area (Å²) in [5.74, 6) is 1.32. The summed E-state index contributed by atoms with van der Waals surface area (Å²) in [6.07, 6.45) is 0.986. The van der Waals surface area contributed by atoms with Gasteiger partial charge in [0.2, 0.25) is 0 Å². The molecular formula is C19H29IN4S. The standard InChI is InChI=1S/C19H28N4S.HI/c1-5-20-19(21-11-10-16-8-6-15(4)7-9-16)22-12-18-23-17(13-24-18)14(2)3;/h6-9,13-14H,5,10-12H2,1-4H3,(H2,20,21,22);1H. The van der Waals surface area contributed by atoms with Crippen molar-refractivity contribution in [3.8, 4) is 0 Å². The molecule has 2 aromatic rings. The summed E-state index contributed by atoms with van der Waals surface area (Å²) < 4.78 is 0. The quantitative estimate of drug-likeness (QED) is 0.355. The summed E-state index contributed by atoms with van der Waals surface area (Å²) in [5, 5.41) is 9.89. The maximum atomic E-state index is 4.64. The zero-order chi connectivity index (χ0) is 17.4. The van der Waals surface area contributed by atoms with Crippen LogP contribution in [0, 0.1) is 6.92 Å². The average Bonchev–Trinajstić information content (AvgIpc) is 3.04. The van der Waals surface area contributed by atoms with E-state index in [1.54, 1.807) is 11.3 Å². The second-order valence-electron chi connectivity index (χ2n) is 6.18. The third-order valence-corrected chi connectivity index (χ3v) is 4.56. The van der Waals surface area contributed by atoms with E-state index in [0.717, 1.165) is 36.2 Å². The summed E-state index contributed by atoms with van der Waals surface area (Å²) in [7, 11) is 0. The van der Waals surface area contributed by atoms with Crippen molar-refractivity contribution in [3.63, 3.8) is 0 Å². The van der Waals surface area contributed by atoms with Crippen LogP contribution in [0.3, 0.4) is 0 Å².